The molecule has 0 aliphatic carbocycles. The minimum Gasteiger partial charge on any atom is -0.477 e. The molecule has 104 valence electrons. The smallest absolute Gasteiger partial charge is 0.261 e. The molecule has 0 atom stereocenters. The van der Waals surface area contributed by atoms with E-state index in [0.717, 1.165) is 5.56 Å². The fraction of sp³-hybridized carbons (Fsp3) is 0.200. The van der Waals surface area contributed by atoms with Crippen molar-refractivity contribution in [3.63, 3.8) is 0 Å². The average molecular weight is 274 g/mol. The molecule has 20 heavy (non-hydrogen) atoms. The van der Waals surface area contributed by atoms with Crippen LogP contribution in [0.1, 0.15) is 22.8 Å². The van der Waals surface area contributed by atoms with Crippen molar-refractivity contribution in [2.45, 2.75) is 13.8 Å². The van der Waals surface area contributed by atoms with Crippen LogP contribution in [0.25, 0.3) is 0 Å². The van der Waals surface area contributed by atoms with Gasteiger partial charge in [0.05, 0.1) is 12.3 Å². The summed E-state index contributed by atoms with van der Waals surface area (Å²) >= 11 is 0. The van der Waals surface area contributed by atoms with E-state index in [0.29, 0.717) is 6.61 Å². The number of aryl methyl sites for hydroxylation is 1. The van der Waals surface area contributed by atoms with Gasteiger partial charge >= 0.3 is 0 Å². The predicted octanol–water partition coefficient (Wildman–Crippen LogP) is 3.18. The second-order valence-corrected chi connectivity index (χ2v) is 4.23. The van der Waals surface area contributed by atoms with Gasteiger partial charge < -0.3 is 10.1 Å². The van der Waals surface area contributed by atoms with Crippen molar-refractivity contribution in [1.82, 2.24) is 4.98 Å². The van der Waals surface area contributed by atoms with E-state index in [2.05, 4.69) is 10.3 Å². The summed E-state index contributed by atoms with van der Waals surface area (Å²) in [5, 5.41) is 2.53. The van der Waals surface area contributed by atoms with Gasteiger partial charge in [0.2, 0.25) is 5.88 Å². The molecule has 0 radical (unpaired) electrons. The van der Waals surface area contributed by atoms with E-state index < -0.39 is 11.7 Å². The van der Waals surface area contributed by atoms with Crippen LogP contribution < -0.4 is 10.1 Å². The Labute approximate surface area is 116 Å². The van der Waals surface area contributed by atoms with E-state index >= 15 is 0 Å². The van der Waals surface area contributed by atoms with Crippen molar-refractivity contribution < 1.29 is 13.9 Å². The summed E-state index contributed by atoms with van der Waals surface area (Å²) < 4.78 is 18.9. The molecule has 2 rings (SSSR count). The van der Waals surface area contributed by atoms with Gasteiger partial charge in [0.25, 0.3) is 5.91 Å². The van der Waals surface area contributed by atoms with Crippen molar-refractivity contribution in [3.05, 3.63) is 53.5 Å². The van der Waals surface area contributed by atoms with E-state index in [-0.39, 0.29) is 17.1 Å². The molecule has 1 aromatic heterocycles. The van der Waals surface area contributed by atoms with Crippen LogP contribution in [-0.2, 0) is 0 Å². The Hall–Kier alpha value is -2.43. The number of nitrogens with one attached hydrogen (secondary N) is 1. The molecule has 2 aromatic rings. The van der Waals surface area contributed by atoms with Crippen LogP contribution in [0, 0.1) is 12.7 Å². The predicted molar refractivity (Wildman–Crippen MR) is 74.5 cm³/mol. The second kappa shape index (κ2) is 6.14. The largest absolute Gasteiger partial charge is 0.477 e. The quantitative estimate of drug-likeness (QED) is 0.931. The van der Waals surface area contributed by atoms with E-state index in [1.54, 1.807) is 31.2 Å². The molecular formula is C15H15FN2O2. The van der Waals surface area contributed by atoms with Crippen LogP contribution in [0.5, 0.6) is 5.88 Å². The normalized spacial score (nSPS) is 10.2. The molecule has 0 aliphatic heterocycles. The lowest BCUT2D eigenvalue weighted by molar-refractivity contribution is 0.102. The molecule has 1 amide bonds. The number of halogens is 1. The number of hydrogen-bond donors (Lipinski definition) is 1. The second-order valence-electron chi connectivity index (χ2n) is 4.23. The Morgan fingerprint density at radius 1 is 1.40 bits per heavy atom. The van der Waals surface area contributed by atoms with Crippen LogP contribution in [0.2, 0.25) is 0 Å². The Morgan fingerprint density at radius 3 is 2.95 bits per heavy atom. The third-order valence-corrected chi connectivity index (χ3v) is 2.67. The van der Waals surface area contributed by atoms with Gasteiger partial charge in [-0.15, -0.1) is 0 Å². The fourth-order valence-electron chi connectivity index (χ4n) is 1.74. The van der Waals surface area contributed by atoms with E-state index in [4.69, 9.17) is 4.74 Å². The lowest BCUT2D eigenvalue weighted by Crippen LogP contribution is -2.15. The summed E-state index contributed by atoms with van der Waals surface area (Å²) in [6, 6.07) is 7.74. The Bertz CT molecular complexity index is 629. The van der Waals surface area contributed by atoms with Gasteiger partial charge in [0.1, 0.15) is 11.4 Å². The number of rotatable bonds is 4. The molecule has 4 nitrogen and oxygen atoms in total. The molecule has 1 N–H and O–H groups in total. The zero-order chi connectivity index (χ0) is 14.5. The maximum Gasteiger partial charge on any atom is 0.261 e. The van der Waals surface area contributed by atoms with Crippen LogP contribution >= 0.6 is 0 Å². The highest BCUT2D eigenvalue weighted by atomic mass is 19.1. The molecule has 0 unspecified atom stereocenters. The summed E-state index contributed by atoms with van der Waals surface area (Å²) in [5.74, 6) is -0.697. The lowest BCUT2D eigenvalue weighted by atomic mass is 10.2. The van der Waals surface area contributed by atoms with Crippen LogP contribution in [0.3, 0.4) is 0 Å². The molecule has 5 heteroatoms. The Balaban J connectivity index is 2.26. The van der Waals surface area contributed by atoms with Gasteiger partial charge in [-0.25, -0.2) is 9.37 Å². The highest BCUT2D eigenvalue weighted by Crippen LogP contribution is 2.19. The molecule has 0 saturated heterocycles. The van der Waals surface area contributed by atoms with Crippen molar-refractivity contribution in [2.75, 3.05) is 11.9 Å². The topological polar surface area (TPSA) is 51.2 Å². The molecule has 0 saturated carbocycles. The van der Waals surface area contributed by atoms with Crippen LogP contribution in [0.4, 0.5) is 10.1 Å². The first kappa shape index (κ1) is 14.0. The number of nitrogens with zero attached hydrogens (tertiary/aromatic N) is 1. The number of benzene rings is 1. The molecule has 1 aromatic carbocycles. The number of hydrogen-bond acceptors (Lipinski definition) is 3. The summed E-state index contributed by atoms with van der Waals surface area (Å²) in [5.41, 5.74) is 1.27. The van der Waals surface area contributed by atoms with Gasteiger partial charge in [-0.2, -0.15) is 0 Å². The molecular weight excluding hydrogens is 259 g/mol. The lowest BCUT2D eigenvalue weighted by Gasteiger charge is -2.10. The van der Waals surface area contributed by atoms with Gasteiger partial charge in [-0.3, -0.25) is 4.79 Å². The first-order valence-corrected chi connectivity index (χ1v) is 6.27. The standard InChI is InChI=1S/C15H15FN2O2/c1-3-20-15-11(5-4-8-17-15)14(19)18-13-9-10(2)6-7-12(13)16/h4-9H,3H2,1-2H3,(H,18,19). The molecule has 0 fully saturated rings. The van der Waals surface area contributed by atoms with Crippen LogP contribution in [-0.4, -0.2) is 17.5 Å². The highest BCUT2D eigenvalue weighted by molar-refractivity contribution is 6.05. The third kappa shape index (κ3) is 3.12. The zero-order valence-corrected chi connectivity index (χ0v) is 11.3. The number of carbonyl (C=O) groups excluding carboxylic acids is 1. The van der Waals surface area contributed by atoms with E-state index in [1.807, 2.05) is 6.92 Å². The van der Waals surface area contributed by atoms with Gasteiger partial charge in [-0.1, -0.05) is 6.07 Å². The molecule has 0 spiro atoms. The van der Waals surface area contributed by atoms with Crippen molar-refractivity contribution in [3.8, 4) is 5.88 Å². The third-order valence-electron chi connectivity index (χ3n) is 2.67. The molecule has 1 heterocycles. The first-order valence-electron chi connectivity index (χ1n) is 6.27. The fourth-order valence-corrected chi connectivity index (χ4v) is 1.74. The van der Waals surface area contributed by atoms with E-state index in [9.17, 15) is 9.18 Å². The molecule has 0 aliphatic rings. The Morgan fingerprint density at radius 2 is 2.20 bits per heavy atom. The monoisotopic (exact) mass is 274 g/mol. The van der Waals surface area contributed by atoms with Crippen LogP contribution in [0.15, 0.2) is 36.5 Å². The first-order chi connectivity index (χ1) is 9.61. The van der Waals surface area contributed by atoms with Crippen molar-refractivity contribution in [1.29, 1.82) is 0 Å². The van der Waals surface area contributed by atoms with Crippen molar-refractivity contribution >= 4 is 11.6 Å². The number of pyridine rings is 1. The number of amides is 1. The van der Waals surface area contributed by atoms with Gasteiger partial charge in [0.15, 0.2) is 0 Å². The van der Waals surface area contributed by atoms with Crippen molar-refractivity contribution in [2.24, 2.45) is 0 Å². The zero-order valence-electron chi connectivity index (χ0n) is 11.3. The molecule has 0 bridgehead atoms. The van der Waals surface area contributed by atoms with Gasteiger partial charge in [0, 0.05) is 6.20 Å². The maximum atomic E-state index is 13.6. The summed E-state index contributed by atoms with van der Waals surface area (Å²) in [6.45, 7) is 4.03. The number of carbonyl (C=O) groups is 1. The van der Waals surface area contributed by atoms with E-state index in [1.165, 1.54) is 12.3 Å². The summed E-state index contributed by atoms with van der Waals surface area (Å²) in [4.78, 5) is 16.2. The van der Waals surface area contributed by atoms with Gasteiger partial charge in [-0.05, 0) is 43.7 Å². The maximum absolute atomic E-state index is 13.6. The SMILES string of the molecule is CCOc1ncccc1C(=O)Nc1cc(C)ccc1F. The number of anilines is 1. The summed E-state index contributed by atoms with van der Waals surface area (Å²) in [6.07, 6.45) is 1.54. The minimum atomic E-state index is -0.481. The minimum absolute atomic E-state index is 0.140. The summed E-state index contributed by atoms with van der Waals surface area (Å²) in [7, 11) is 0. The highest BCUT2D eigenvalue weighted by Gasteiger charge is 2.15. The number of aromatic nitrogens is 1. The number of ether oxygens (including phenoxy) is 1. The Kier molecular flexibility index (Phi) is 4.30. The average Bonchev–Trinajstić information content (AvgIpc) is 2.44.